The van der Waals surface area contributed by atoms with E-state index in [4.69, 9.17) is 0 Å². The van der Waals surface area contributed by atoms with Gasteiger partial charge in [0, 0.05) is 19.0 Å². The molecule has 0 aromatic heterocycles. The standard InChI is InChI=1S/C21H41NO/c1-3-5-7-9-14-18-22(19-15-10-8-6-4-2)21(23)20-16-12-11-13-17-20/h20H,3-19H2,1-2H3. The van der Waals surface area contributed by atoms with Gasteiger partial charge in [-0.2, -0.15) is 0 Å². The van der Waals surface area contributed by atoms with Crippen LogP contribution in [0.25, 0.3) is 0 Å². The van der Waals surface area contributed by atoms with Crippen molar-refractivity contribution in [2.75, 3.05) is 13.1 Å². The Labute approximate surface area is 145 Å². The molecule has 0 aliphatic heterocycles. The largest absolute Gasteiger partial charge is 0.342 e. The molecule has 136 valence electrons. The highest BCUT2D eigenvalue weighted by Gasteiger charge is 2.25. The first-order valence-electron chi connectivity index (χ1n) is 10.6. The lowest BCUT2D eigenvalue weighted by atomic mass is 9.88. The van der Waals surface area contributed by atoms with Crippen LogP contribution >= 0.6 is 0 Å². The molecule has 23 heavy (non-hydrogen) atoms. The maximum Gasteiger partial charge on any atom is 0.225 e. The Kier molecular flexibility index (Phi) is 12.4. The van der Waals surface area contributed by atoms with Crippen LogP contribution in [0.1, 0.15) is 110 Å². The summed E-state index contributed by atoms with van der Waals surface area (Å²) in [4.78, 5) is 15.1. The van der Waals surface area contributed by atoms with Crippen LogP contribution in [-0.4, -0.2) is 23.9 Å². The van der Waals surface area contributed by atoms with E-state index in [2.05, 4.69) is 18.7 Å². The predicted molar refractivity (Wildman–Crippen MR) is 101 cm³/mol. The molecule has 1 amide bonds. The van der Waals surface area contributed by atoms with Gasteiger partial charge < -0.3 is 4.90 Å². The van der Waals surface area contributed by atoms with E-state index in [1.165, 1.54) is 83.5 Å². The van der Waals surface area contributed by atoms with Gasteiger partial charge in [-0.15, -0.1) is 0 Å². The highest BCUT2D eigenvalue weighted by molar-refractivity contribution is 5.78. The normalized spacial score (nSPS) is 15.7. The molecule has 1 fully saturated rings. The highest BCUT2D eigenvalue weighted by atomic mass is 16.2. The molecule has 0 heterocycles. The molecule has 0 bridgehead atoms. The Morgan fingerprint density at radius 2 is 1.22 bits per heavy atom. The molecule has 1 saturated carbocycles. The second kappa shape index (κ2) is 13.9. The first-order chi connectivity index (χ1) is 11.3. The number of hydrogen-bond donors (Lipinski definition) is 0. The maximum atomic E-state index is 12.9. The van der Waals surface area contributed by atoms with Crippen molar-refractivity contribution in [1.29, 1.82) is 0 Å². The molecular formula is C21H41NO. The van der Waals surface area contributed by atoms with Gasteiger partial charge in [0.25, 0.3) is 0 Å². The minimum absolute atomic E-state index is 0.343. The van der Waals surface area contributed by atoms with Crippen molar-refractivity contribution < 1.29 is 4.79 Å². The summed E-state index contributed by atoms with van der Waals surface area (Å²) in [5, 5.41) is 0. The fourth-order valence-corrected chi connectivity index (χ4v) is 3.75. The Bertz CT molecular complexity index is 270. The molecule has 0 aromatic carbocycles. The van der Waals surface area contributed by atoms with Crippen molar-refractivity contribution >= 4 is 5.91 Å². The van der Waals surface area contributed by atoms with Gasteiger partial charge in [0.15, 0.2) is 0 Å². The third-order valence-corrected chi connectivity index (χ3v) is 5.33. The van der Waals surface area contributed by atoms with Crippen LogP contribution in [0, 0.1) is 5.92 Å². The highest BCUT2D eigenvalue weighted by Crippen LogP contribution is 2.26. The van der Waals surface area contributed by atoms with Crippen LogP contribution in [-0.2, 0) is 4.79 Å². The van der Waals surface area contributed by atoms with Crippen LogP contribution in [0.5, 0.6) is 0 Å². The number of carbonyl (C=O) groups is 1. The summed E-state index contributed by atoms with van der Waals surface area (Å²) >= 11 is 0. The lowest BCUT2D eigenvalue weighted by Gasteiger charge is -2.29. The number of hydrogen-bond acceptors (Lipinski definition) is 1. The van der Waals surface area contributed by atoms with Gasteiger partial charge in [-0.05, 0) is 25.7 Å². The van der Waals surface area contributed by atoms with Crippen molar-refractivity contribution in [3.63, 3.8) is 0 Å². The van der Waals surface area contributed by atoms with Crippen molar-refractivity contribution in [1.82, 2.24) is 4.90 Å². The fraction of sp³-hybridized carbons (Fsp3) is 0.952. The summed E-state index contributed by atoms with van der Waals surface area (Å²) in [5.41, 5.74) is 0. The molecule has 0 N–H and O–H groups in total. The summed E-state index contributed by atoms with van der Waals surface area (Å²) in [6.45, 7) is 6.53. The van der Waals surface area contributed by atoms with Gasteiger partial charge in [0.1, 0.15) is 0 Å². The van der Waals surface area contributed by atoms with Crippen LogP contribution in [0.3, 0.4) is 0 Å². The lowest BCUT2D eigenvalue weighted by molar-refractivity contribution is -0.136. The zero-order chi connectivity index (χ0) is 16.8. The second-order valence-electron chi connectivity index (χ2n) is 7.49. The molecule has 0 aromatic rings. The van der Waals surface area contributed by atoms with Crippen LogP contribution < -0.4 is 0 Å². The number of nitrogens with zero attached hydrogens (tertiary/aromatic N) is 1. The summed E-state index contributed by atoms with van der Waals surface area (Å²) in [6, 6.07) is 0. The van der Waals surface area contributed by atoms with E-state index in [0.717, 1.165) is 25.9 Å². The van der Waals surface area contributed by atoms with E-state index < -0.39 is 0 Å². The fourth-order valence-electron chi connectivity index (χ4n) is 3.75. The number of rotatable bonds is 13. The zero-order valence-electron chi connectivity index (χ0n) is 16.0. The van der Waals surface area contributed by atoms with E-state index in [1.807, 2.05) is 0 Å². The number of carbonyl (C=O) groups excluding carboxylic acids is 1. The average Bonchev–Trinajstić information content (AvgIpc) is 2.59. The number of unbranched alkanes of at least 4 members (excludes halogenated alkanes) is 8. The van der Waals surface area contributed by atoms with E-state index in [9.17, 15) is 4.79 Å². The Hall–Kier alpha value is -0.530. The summed E-state index contributed by atoms with van der Waals surface area (Å²) in [5.74, 6) is 0.825. The average molecular weight is 324 g/mol. The van der Waals surface area contributed by atoms with Gasteiger partial charge in [0.2, 0.25) is 5.91 Å². The molecule has 0 spiro atoms. The van der Waals surface area contributed by atoms with Crippen molar-refractivity contribution in [3.8, 4) is 0 Å². The van der Waals surface area contributed by atoms with Crippen molar-refractivity contribution in [2.24, 2.45) is 5.92 Å². The molecule has 1 aliphatic rings. The lowest BCUT2D eigenvalue weighted by Crippen LogP contribution is -2.38. The minimum atomic E-state index is 0.343. The topological polar surface area (TPSA) is 20.3 Å². The van der Waals surface area contributed by atoms with E-state index >= 15 is 0 Å². The summed E-state index contributed by atoms with van der Waals surface area (Å²) in [7, 11) is 0. The molecule has 0 atom stereocenters. The van der Waals surface area contributed by atoms with E-state index in [1.54, 1.807) is 0 Å². The third kappa shape index (κ3) is 9.37. The van der Waals surface area contributed by atoms with Gasteiger partial charge in [-0.1, -0.05) is 84.5 Å². The molecule has 0 radical (unpaired) electrons. The quantitative estimate of drug-likeness (QED) is 0.362. The van der Waals surface area contributed by atoms with E-state index in [-0.39, 0.29) is 0 Å². The van der Waals surface area contributed by atoms with Crippen LogP contribution in [0.15, 0.2) is 0 Å². The first-order valence-corrected chi connectivity index (χ1v) is 10.6. The Balaban J connectivity index is 2.34. The third-order valence-electron chi connectivity index (χ3n) is 5.33. The van der Waals surface area contributed by atoms with Gasteiger partial charge in [-0.3, -0.25) is 4.79 Å². The first kappa shape index (κ1) is 20.5. The van der Waals surface area contributed by atoms with Gasteiger partial charge in [-0.25, -0.2) is 0 Å². The Morgan fingerprint density at radius 3 is 1.70 bits per heavy atom. The summed E-state index contributed by atoms with van der Waals surface area (Å²) in [6.07, 6.45) is 19.0. The smallest absolute Gasteiger partial charge is 0.225 e. The van der Waals surface area contributed by atoms with Crippen LogP contribution in [0.4, 0.5) is 0 Å². The molecule has 0 unspecified atom stereocenters. The molecule has 2 nitrogen and oxygen atoms in total. The molecule has 2 heteroatoms. The maximum absolute atomic E-state index is 12.9. The van der Waals surface area contributed by atoms with E-state index in [0.29, 0.717) is 11.8 Å². The molecule has 0 saturated heterocycles. The molecule has 1 rings (SSSR count). The van der Waals surface area contributed by atoms with Crippen LogP contribution in [0.2, 0.25) is 0 Å². The van der Waals surface area contributed by atoms with Crippen molar-refractivity contribution in [3.05, 3.63) is 0 Å². The SMILES string of the molecule is CCCCCCCN(CCCCCCC)C(=O)C1CCCCC1. The van der Waals surface area contributed by atoms with Gasteiger partial charge >= 0.3 is 0 Å². The van der Waals surface area contributed by atoms with Crippen molar-refractivity contribution in [2.45, 2.75) is 110 Å². The predicted octanol–water partition coefficient (Wildman–Crippen LogP) is 6.34. The Morgan fingerprint density at radius 1 is 0.739 bits per heavy atom. The zero-order valence-corrected chi connectivity index (χ0v) is 16.0. The monoisotopic (exact) mass is 323 g/mol. The summed E-state index contributed by atoms with van der Waals surface area (Å²) < 4.78 is 0. The molecular weight excluding hydrogens is 282 g/mol. The number of amides is 1. The molecule has 1 aliphatic carbocycles. The van der Waals surface area contributed by atoms with Gasteiger partial charge in [0.05, 0.1) is 0 Å². The second-order valence-corrected chi connectivity index (χ2v) is 7.49. The minimum Gasteiger partial charge on any atom is -0.342 e.